The van der Waals surface area contributed by atoms with Crippen molar-refractivity contribution >= 4 is 0 Å². The van der Waals surface area contributed by atoms with Crippen LogP contribution in [0.25, 0.3) is 5.69 Å². The third kappa shape index (κ3) is 4.39. The number of hydrogen-bond acceptors (Lipinski definition) is 3. The summed E-state index contributed by atoms with van der Waals surface area (Å²) in [5.41, 5.74) is 4.89. The van der Waals surface area contributed by atoms with Crippen molar-refractivity contribution in [3.8, 4) is 47.7 Å². The zero-order valence-electron chi connectivity index (χ0n) is 15.8. The zero-order valence-corrected chi connectivity index (χ0v) is 15.8. The molecule has 0 saturated heterocycles. The molecule has 0 aliphatic rings. The zero-order chi connectivity index (χ0) is 20.8. The molecular weight excluding hydrogens is 372 g/mol. The van der Waals surface area contributed by atoms with Crippen LogP contribution in [-0.2, 0) is 0 Å². The van der Waals surface area contributed by atoms with Gasteiger partial charge in [-0.15, -0.1) is 6.42 Å². The molecule has 0 bridgehead atoms. The van der Waals surface area contributed by atoms with Crippen molar-refractivity contribution in [1.29, 1.82) is 0 Å². The molecule has 0 spiro atoms. The van der Waals surface area contributed by atoms with Gasteiger partial charge in [0.25, 0.3) is 5.69 Å². The van der Waals surface area contributed by atoms with E-state index < -0.39 is 5.95 Å². The molecule has 0 aliphatic carbocycles. The van der Waals surface area contributed by atoms with Crippen molar-refractivity contribution in [2.75, 3.05) is 0 Å². The summed E-state index contributed by atoms with van der Waals surface area (Å²) < 4.78 is 5.98. The van der Waals surface area contributed by atoms with Crippen LogP contribution < -0.4 is 9.79 Å². The molecule has 1 heterocycles. The minimum absolute atomic E-state index is 0.513. The monoisotopic (exact) mass is 386 g/mol. The predicted octanol–water partition coefficient (Wildman–Crippen LogP) is 2.81. The molecule has 1 aromatic heterocycles. The van der Waals surface area contributed by atoms with Crippen molar-refractivity contribution in [2.24, 2.45) is 0 Å². The van der Waals surface area contributed by atoms with Crippen molar-refractivity contribution in [1.82, 2.24) is 5.27 Å². The average Bonchev–Trinajstić information content (AvgIpc) is 3.23. The van der Waals surface area contributed by atoms with Crippen LogP contribution in [0.4, 0.5) is 0 Å². The van der Waals surface area contributed by atoms with Crippen molar-refractivity contribution < 1.29 is 14.3 Å². The molecule has 0 unspecified atom stereocenters. The van der Waals surface area contributed by atoms with Gasteiger partial charge in [-0.1, -0.05) is 41.7 Å². The summed E-state index contributed by atoms with van der Waals surface area (Å²) in [4.78, 5) is 0. The number of hydrogen-bond donors (Lipinski definition) is 0. The van der Waals surface area contributed by atoms with Crippen molar-refractivity contribution in [3.05, 3.63) is 107 Å². The maximum absolute atomic E-state index is 11.3. The largest absolute Gasteiger partial charge is 0.539 e. The minimum Gasteiger partial charge on any atom is -0.539 e. The van der Waals surface area contributed by atoms with E-state index in [1.165, 1.54) is 10.9 Å². The van der Waals surface area contributed by atoms with Gasteiger partial charge in [0.2, 0.25) is 6.20 Å². The smallest absolute Gasteiger partial charge is 0.254 e. The molecule has 140 valence electrons. The van der Waals surface area contributed by atoms with Crippen LogP contribution in [0.5, 0.6) is 5.95 Å². The third-order valence-electron chi connectivity index (χ3n) is 4.23. The number of nitrogens with zero attached hydrogens (tertiary/aromatic N) is 2. The predicted molar refractivity (Wildman–Crippen MR) is 110 cm³/mol. The molecule has 0 atom stereocenters. The Labute approximate surface area is 174 Å². The molecule has 0 radical (unpaired) electrons. The molecule has 30 heavy (non-hydrogen) atoms. The van der Waals surface area contributed by atoms with Gasteiger partial charge in [0.05, 0.1) is 10.8 Å². The van der Waals surface area contributed by atoms with Crippen molar-refractivity contribution in [3.63, 3.8) is 0 Å². The van der Waals surface area contributed by atoms with Crippen molar-refractivity contribution in [2.45, 2.75) is 0 Å². The summed E-state index contributed by atoms with van der Waals surface area (Å²) in [6, 6.07) is 22.6. The van der Waals surface area contributed by atoms with Gasteiger partial charge >= 0.3 is 0 Å². The molecule has 0 saturated carbocycles. The highest BCUT2D eigenvalue weighted by molar-refractivity contribution is 5.51. The first-order valence-electron chi connectivity index (χ1n) is 9.07. The first-order chi connectivity index (χ1) is 14.7. The summed E-state index contributed by atoms with van der Waals surface area (Å²) in [5.74, 6) is 14.6. The lowest BCUT2D eigenvalue weighted by molar-refractivity contribution is -0.670. The second kappa shape index (κ2) is 8.53. The Kier molecular flexibility index (Phi) is 5.30. The SMILES string of the molecule is C#Cc1ccc(C#Cc2ccc(C#Cc3ccccc3-[n+]3cc([O-])on3)cc2)cc1. The summed E-state index contributed by atoms with van der Waals surface area (Å²) >= 11 is 0. The Balaban J connectivity index is 1.53. The van der Waals surface area contributed by atoms with Crippen LogP contribution in [0, 0.1) is 36.0 Å². The molecule has 4 nitrogen and oxygen atoms in total. The Hall–Kier alpha value is -4.72. The Morgan fingerprint density at radius 3 is 1.80 bits per heavy atom. The molecule has 4 aromatic rings. The first-order valence-corrected chi connectivity index (χ1v) is 9.07. The molecule has 4 heteroatoms. The normalized spacial score (nSPS) is 9.57. The summed E-state index contributed by atoms with van der Waals surface area (Å²) in [5, 5.41) is 15.0. The number of benzene rings is 3. The van der Waals surface area contributed by atoms with E-state index in [0.717, 1.165) is 27.8 Å². The molecular formula is C26H14N2O2. The molecule has 0 amide bonds. The standard InChI is InChI=1S/C26H14N2O2/c1-2-20-7-9-21(10-8-20)11-12-22-13-15-23(16-14-22)17-18-24-5-3-4-6-25(24)28-19-26(29)30-27-28/h1,3-10,13-16,19H. The fraction of sp³-hybridized carbons (Fsp3) is 0. The molecule has 0 aliphatic heterocycles. The second-order valence-electron chi connectivity index (χ2n) is 6.28. The van der Waals surface area contributed by atoms with E-state index in [9.17, 15) is 5.11 Å². The Bertz CT molecular complexity index is 1350. The molecule has 4 rings (SSSR count). The van der Waals surface area contributed by atoms with Gasteiger partial charge in [-0.25, -0.2) is 0 Å². The molecule has 0 N–H and O–H groups in total. The van der Waals surface area contributed by atoms with Crippen LogP contribution in [-0.4, -0.2) is 5.27 Å². The lowest BCUT2D eigenvalue weighted by atomic mass is 10.1. The van der Waals surface area contributed by atoms with E-state index in [1.807, 2.05) is 72.8 Å². The van der Waals surface area contributed by atoms with Crippen LogP contribution in [0.2, 0.25) is 0 Å². The Morgan fingerprint density at radius 2 is 1.27 bits per heavy atom. The summed E-state index contributed by atoms with van der Waals surface area (Å²) in [6.45, 7) is 0. The highest BCUT2D eigenvalue weighted by Gasteiger charge is 2.13. The minimum atomic E-state index is -0.513. The van der Waals surface area contributed by atoms with Gasteiger partial charge in [-0.3, -0.25) is 0 Å². The van der Waals surface area contributed by atoms with Gasteiger partial charge < -0.3 is 9.63 Å². The number of para-hydroxylation sites is 1. The van der Waals surface area contributed by atoms with Gasteiger partial charge in [0, 0.05) is 28.3 Å². The molecule has 3 aromatic carbocycles. The lowest BCUT2D eigenvalue weighted by Gasteiger charge is -1.95. The number of rotatable bonds is 1. The van der Waals surface area contributed by atoms with Crippen LogP contribution in [0.15, 0.2) is 83.5 Å². The maximum atomic E-state index is 11.3. The van der Waals surface area contributed by atoms with E-state index in [2.05, 4.69) is 39.4 Å². The second-order valence-corrected chi connectivity index (χ2v) is 6.28. The van der Waals surface area contributed by atoms with Crippen LogP contribution >= 0.6 is 0 Å². The summed E-state index contributed by atoms with van der Waals surface area (Å²) in [7, 11) is 0. The topological polar surface area (TPSA) is 53.0 Å². The van der Waals surface area contributed by atoms with Gasteiger partial charge in [-0.05, 0) is 59.3 Å². The Morgan fingerprint density at radius 1 is 0.733 bits per heavy atom. The van der Waals surface area contributed by atoms with E-state index in [-0.39, 0.29) is 0 Å². The quantitative estimate of drug-likeness (QED) is 0.373. The summed E-state index contributed by atoms with van der Waals surface area (Å²) in [6.07, 6.45) is 6.63. The van der Waals surface area contributed by atoms with E-state index in [1.54, 1.807) is 0 Å². The molecule has 0 fully saturated rings. The van der Waals surface area contributed by atoms with Gasteiger partial charge in [0.15, 0.2) is 0 Å². The maximum Gasteiger partial charge on any atom is 0.254 e. The van der Waals surface area contributed by atoms with E-state index >= 15 is 0 Å². The van der Waals surface area contributed by atoms with Crippen LogP contribution in [0.3, 0.4) is 0 Å². The highest BCUT2D eigenvalue weighted by Crippen LogP contribution is 2.09. The van der Waals surface area contributed by atoms with Gasteiger partial charge in [0.1, 0.15) is 5.95 Å². The average molecular weight is 386 g/mol. The fourth-order valence-electron chi connectivity index (χ4n) is 2.69. The fourth-order valence-corrected chi connectivity index (χ4v) is 2.69. The van der Waals surface area contributed by atoms with Gasteiger partial charge in [-0.2, -0.15) is 0 Å². The number of aromatic nitrogens is 2. The third-order valence-corrected chi connectivity index (χ3v) is 4.23. The lowest BCUT2D eigenvalue weighted by Crippen LogP contribution is -2.32. The number of terminal acetylenes is 1. The van der Waals surface area contributed by atoms with Crippen LogP contribution in [0.1, 0.15) is 27.8 Å². The van der Waals surface area contributed by atoms with E-state index in [4.69, 9.17) is 6.42 Å². The van der Waals surface area contributed by atoms with E-state index in [0.29, 0.717) is 5.69 Å². The highest BCUT2D eigenvalue weighted by atomic mass is 16.6. The first kappa shape index (κ1) is 18.6.